The minimum atomic E-state index is 0.0633. The molecule has 2 aliphatic heterocycles. The van der Waals surface area contributed by atoms with Crippen molar-refractivity contribution in [2.45, 2.75) is 31.5 Å². The topological polar surface area (TPSA) is 46.8 Å². The third-order valence-electron chi connectivity index (χ3n) is 5.93. The second kappa shape index (κ2) is 6.91. The lowest BCUT2D eigenvalue weighted by Crippen LogP contribution is -2.57. The van der Waals surface area contributed by atoms with E-state index >= 15 is 0 Å². The monoisotopic (exact) mass is 361 g/mol. The fourth-order valence-electron chi connectivity index (χ4n) is 4.56. The van der Waals surface area contributed by atoms with E-state index < -0.39 is 0 Å². The molecule has 2 saturated heterocycles. The molecule has 0 N–H and O–H groups in total. The molecular formula is C22H23N3O2. The van der Waals surface area contributed by atoms with Gasteiger partial charge < -0.3 is 9.14 Å². The summed E-state index contributed by atoms with van der Waals surface area (Å²) in [6.45, 7) is 2.36. The van der Waals surface area contributed by atoms with Gasteiger partial charge in [-0.3, -0.25) is 9.69 Å². The predicted octanol–water partition coefficient (Wildman–Crippen LogP) is 3.20. The quantitative estimate of drug-likeness (QED) is 0.670. The summed E-state index contributed by atoms with van der Waals surface area (Å²) in [5.74, 6) is 0.310. The molecule has 2 fully saturated rings. The van der Waals surface area contributed by atoms with Crippen LogP contribution in [0.1, 0.15) is 28.8 Å². The van der Waals surface area contributed by atoms with Gasteiger partial charge in [0.1, 0.15) is 5.65 Å². The highest BCUT2D eigenvalue weighted by molar-refractivity contribution is 5.98. The molecule has 1 aromatic carbocycles. The maximum Gasteiger partial charge on any atom is 0.166 e. The third kappa shape index (κ3) is 3.17. The van der Waals surface area contributed by atoms with Gasteiger partial charge in [0.25, 0.3) is 0 Å². The molecule has 3 aromatic rings. The fraction of sp³-hybridized carbons (Fsp3) is 0.364. The smallest absolute Gasteiger partial charge is 0.166 e. The number of Topliss-reactive ketones (excluding diaryl/α,β-unsaturated/α-hetero) is 1. The van der Waals surface area contributed by atoms with Gasteiger partial charge in [0.05, 0.1) is 13.2 Å². The minimum Gasteiger partial charge on any atom is -0.378 e. The molecule has 0 amide bonds. The molecule has 27 heavy (non-hydrogen) atoms. The van der Waals surface area contributed by atoms with Crippen LogP contribution in [-0.2, 0) is 11.3 Å². The van der Waals surface area contributed by atoms with E-state index in [1.807, 2.05) is 28.9 Å². The number of hydrogen-bond acceptors (Lipinski definition) is 4. The Bertz CT molecular complexity index is 938. The largest absolute Gasteiger partial charge is 0.378 e. The number of aromatic nitrogens is 2. The zero-order valence-electron chi connectivity index (χ0n) is 15.2. The van der Waals surface area contributed by atoms with Crippen LogP contribution in [0.2, 0.25) is 0 Å². The van der Waals surface area contributed by atoms with E-state index in [0.29, 0.717) is 25.3 Å². The number of carbonyl (C=O) groups is 1. The van der Waals surface area contributed by atoms with Crippen LogP contribution in [0.25, 0.3) is 5.65 Å². The molecule has 0 aliphatic carbocycles. The molecule has 5 rings (SSSR count). The molecule has 2 aromatic heterocycles. The summed E-state index contributed by atoms with van der Waals surface area (Å²) in [5, 5.41) is 0. The molecule has 2 atom stereocenters. The number of ketones is 1. The molecule has 0 radical (unpaired) electrons. The van der Waals surface area contributed by atoms with Gasteiger partial charge in [0.2, 0.25) is 0 Å². The van der Waals surface area contributed by atoms with Crippen molar-refractivity contribution < 1.29 is 9.53 Å². The van der Waals surface area contributed by atoms with Gasteiger partial charge in [-0.15, -0.1) is 0 Å². The summed E-state index contributed by atoms with van der Waals surface area (Å²) in [6.07, 6.45) is 7.30. The van der Waals surface area contributed by atoms with Gasteiger partial charge in [-0.25, -0.2) is 4.98 Å². The lowest BCUT2D eigenvalue weighted by Gasteiger charge is -2.48. The maximum absolute atomic E-state index is 13.2. The number of morpholine rings is 1. The van der Waals surface area contributed by atoms with Crippen molar-refractivity contribution in [1.29, 1.82) is 0 Å². The molecular weight excluding hydrogens is 338 g/mol. The molecule has 5 heteroatoms. The van der Waals surface area contributed by atoms with Crippen molar-refractivity contribution in [2.75, 3.05) is 13.2 Å². The second-order valence-corrected chi connectivity index (χ2v) is 7.64. The Morgan fingerprint density at radius 1 is 1.07 bits per heavy atom. The first-order valence-electron chi connectivity index (χ1n) is 9.62. The normalized spacial score (nSPS) is 25.6. The van der Waals surface area contributed by atoms with Crippen LogP contribution in [-0.4, -0.2) is 45.4 Å². The number of carbonyl (C=O) groups excluding carboxylic acids is 1. The molecule has 2 unspecified atom stereocenters. The van der Waals surface area contributed by atoms with Gasteiger partial charge in [0, 0.05) is 48.7 Å². The van der Waals surface area contributed by atoms with E-state index in [1.165, 1.54) is 5.56 Å². The van der Waals surface area contributed by atoms with E-state index in [-0.39, 0.29) is 11.7 Å². The number of fused-ring (bicyclic) bond motifs is 3. The van der Waals surface area contributed by atoms with Crippen molar-refractivity contribution in [2.24, 2.45) is 5.92 Å². The zero-order chi connectivity index (χ0) is 18.2. The summed E-state index contributed by atoms with van der Waals surface area (Å²) in [5.41, 5.74) is 2.92. The standard InChI is InChI=1S/C22H23N3O2/c26-22(17-6-8-24-9-7-23-21(24)12-17)18-10-19-14-27-15-20(11-18)25(19)13-16-4-2-1-3-5-16/h1-9,12,18-20H,10-11,13-15H2. The summed E-state index contributed by atoms with van der Waals surface area (Å²) in [4.78, 5) is 20.0. The molecule has 138 valence electrons. The number of benzene rings is 1. The first-order chi connectivity index (χ1) is 13.3. The van der Waals surface area contributed by atoms with Crippen LogP contribution in [0.5, 0.6) is 0 Å². The lowest BCUT2D eigenvalue weighted by molar-refractivity contribution is -0.0872. The van der Waals surface area contributed by atoms with E-state index in [9.17, 15) is 4.79 Å². The molecule has 0 saturated carbocycles. The Kier molecular flexibility index (Phi) is 4.26. The third-order valence-corrected chi connectivity index (χ3v) is 5.93. The van der Waals surface area contributed by atoms with Crippen LogP contribution in [0.15, 0.2) is 61.1 Å². The van der Waals surface area contributed by atoms with Crippen LogP contribution < -0.4 is 0 Å². The van der Waals surface area contributed by atoms with Gasteiger partial charge in [-0.05, 0) is 30.5 Å². The molecule has 2 bridgehead atoms. The number of hydrogen-bond donors (Lipinski definition) is 0. The van der Waals surface area contributed by atoms with E-state index in [4.69, 9.17) is 4.74 Å². The SMILES string of the molecule is O=C(c1ccn2ccnc2c1)C1CC2COCC(C1)N2Cc1ccccc1. The molecule has 4 heterocycles. The number of rotatable bonds is 4. The van der Waals surface area contributed by atoms with Crippen LogP contribution in [0.4, 0.5) is 0 Å². The average molecular weight is 361 g/mol. The number of pyridine rings is 1. The highest BCUT2D eigenvalue weighted by Crippen LogP contribution is 2.34. The Morgan fingerprint density at radius 3 is 2.63 bits per heavy atom. The summed E-state index contributed by atoms with van der Waals surface area (Å²) in [7, 11) is 0. The van der Waals surface area contributed by atoms with Crippen LogP contribution in [0, 0.1) is 5.92 Å². The Morgan fingerprint density at radius 2 is 1.85 bits per heavy atom. The van der Waals surface area contributed by atoms with Crippen molar-refractivity contribution in [3.8, 4) is 0 Å². The van der Waals surface area contributed by atoms with Crippen molar-refractivity contribution in [3.05, 3.63) is 72.2 Å². The van der Waals surface area contributed by atoms with Gasteiger partial charge >= 0.3 is 0 Å². The van der Waals surface area contributed by atoms with E-state index in [2.05, 4.69) is 40.2 Å². The first-order valence-corrected chi connectivity index (χ1v) is 9.62. The first kappa shape index (κ1) is 16.7. The molecule has 5 nitrogen and oxygen atoms in total. The number of imidazole rings is 1. The van der Waals surface area contributed by atoms with Crippen molar-refractivity contribution in [3.63, 3.8) is 0 Å². The number of nitrogens with zero attached hydrogens (tertiary/aromatic N) is 3. The predicted molar refractivity (Wildman–Crippen MR) is 103 cm³/mol. The zero-order valence-corrected chi connectivity index (χ0v) is 15.2. The maximum atomic E-state index is 13.2. The fourth-order valence-corrected chi connectivity index (χ4v) is 4.56. The van der Waals surface area contributed by atoms with Crippen LogP contribution in [0.3, 0.4) is 0 Å². The summed E-state index contributed by atoms with van der Waals surface area (Å²) < 4.78 is 7.75. The van der Waals surface area contributed by atoms with Gasteiger partial charge in [-0.1, -0.05) is 30.3 Å². The highest BCUT2D eigenvalue weighted by Gasteiger charge is 2.41. The number of ether oxygens (including phenoxy) is 1. The van der Waals surface area contributed by atoms with E-state index in [0.717, 1.165) is 30.6 Å². The average Bonchev–Trinajstić information content (AvgIpc) is 3.16. The van der Waals surface area contributed by atoms with Gasteiger partial charge in [-0.2, -0.15) is 0 Å². The molecule has 2 aliphatic rings. The van der Waals surface area contributed by atoms with Crippen LogP contribution >= 0.6 is 0 Å². The molecule has 0 spiro atoms. The Labute approximate surface area is 158 Å². The second-order valence-electron chi connectivity index (χ2n) is 7.64. The summed E-state index contributed by atoms with van der Waals surface area (Å²) in [6, 6.07) is 15.0. The van der Waals surface area contributed by atoms with Crippen molar-refractivity contribution >= 4 is 11.4 Å². The number of piperidine rings is 1. The lowest BCUT2D eigenvalue weighted by atomic mass is 9.80. The van der Waals surface area contributed by atoms with Crippen molar-refractivity contribution in [1.82, 2.24) is 14.3 Å². The highest BCUT2D eigenvalue weighted by atomic mass is 16.5. The summed E-state index contributed by atoms with van der Waals surface area (Å²) >= 11 is 0. The Hall–Kier alpha value is -2.50. The van der Waals surface area contributed by atoms with E-state index in [1.54, 1.807) is 6.20 Å². The van der Waals surface area contributed by atoms with Gasteiger partial charge in [0.15, 0.2) is 5.78 Å². The minimum absolute atomic E-state index is 0.0633. The Balaban J connectivity index is 1.35.